The lowest BCUT2D eigenvalue weighted by Crippen LogP contribution is -2.66. The molecule has 0 aliphatic carbocycles. The molecule has 0 spiro atoms. The van der Waals surface area contributed by atoms with E-state index in [9.17, 15) is 33.8 Å². The number of hydrogen-bond donors (Lipinski definition) is 4. The lowest BCUT2D eigenvalue weighted by molar-refractivity contribution is -0.264. The molecular weight excluding hydrogens is 725 g/mol. The topological polar surface area (TPSA) is 178 Å². The van der Waals surface area contributed by atoms with Crippen molar-refractivity contribution in [1.82, 2.24) is 5.32 Å². The molecule has 55 heavy (non-hydrogen) atoms. The molecule has 0 bridgehead atoms. The van der Waals surface area contributed by atoms with Crippen LogP contribution < -0.4 is 5.32 Å². The van der Waals surface area contributed by atoms with E-state index < -0.39 is 62.9 Å². The molecule has 12 nitrogen and oxygen atoms in total. The van der Waals surface area contributed by atoms with Crippen molar-refractivity contribution in [2.24, 2.45) is 0 Å². The van der Waals surface area contributed by atoms with Crippen LogP contribution in [0.3, 0.4) is 0 Å². The smallest absolute Gasteiger partial charge is 0.457 e. The van der Waals surface area contributed by atoms with Gasteiger partial charge in [0.2, 0.25) is 12.2 Å². The minimum absolute atomic E-state index is 0.0434. The number of ether oxygens (including phenoxy) is 3. The molecule has 1 rings (SSSR count). The van der Waals surface area contributed by atoms with E-state index in [0.29, 0.717) is 19.3 Å². The van der Waals surface area contributed by atoms with Crippen molar-refractivity contribution < 1.29 is 52.6 Å². The van der Waals surface area contributed by atoms with E-state index in [0.717, 1.165) is 70.6 Å². The normalized spacial score (nSPS) is 20.0. The molecule has 324 valence electrons. The Bertz CT molecular complexity index is 1030. The number of nitrogens with one attached hydrogen (secondary N) is 1. The molecule has 4 N–H and O–H groups in total. The fourth-order valence-corrected chi connectivity index (χ4v) is 7.72. The summed E-state index contributed by atoms with van der Waals surface area (Å²) in [5.74, 6) is -1.64. The number of amides is 1. The number of aliphatic hydroxyl groups is 1. The zero-order valence-electron chi connectivity index (χ0n) is 34.9. The number of phosphoric acid groups is 1. The third-order valence-corrected chi connectivity index (χ3v) is 10.9. The summed E-state index contributed by atoms with van der Waals surface area (Å²) in [6.45, 7) is 5.79. The molecule has 1 aliphatic heterocycles. The summed E-state index contributed by atoms with van der Waals surface area (Å²) in [6.07, 6.45) is 22.9. The predicted molar refractivity (Wildman–Crippen MR) is 216 cm³/mol. The highest BCUT2D eigenvalue weighted by Gasteiger charge is 2.52. The van der Waals surface area contributed by atoms with Crippen LogP contribution >= 0.6 is 7.82 Å². The van der Waals surface area contributed by atoms with Crippen LogP contribution in [0.15, 0.2) is 0 Å². The maximum atomic E-state index is 13.3. The van der Waals surface area contributed by atoms with Crippen molar-refractivity contribution in [3.8, 4) is 0 Å². The Kier molecular flexibility index (Phi) is 31.3. The summed E-state index contributed by atoms with van der Waals surface area (Å²) < 4.78 is 34.6. The number of esters is 2. The molecule has 0 unspecified atom stereocenters. The number of rotatable bonds is 36. The molecule has 1 aliphatic rings. The Labute approximate surface area is 333 Å². The minimum Gasteiger partial charge on any atom is -0.457 e. The summed E-state index contributed by atoms with van der Waals surface area (Å²) in [4.78, 5) is 59.3. The maximum absolute atomic E-state index is 13.3. The SMILES string of the molecule is CCCCCCCCCCCC(=O)N[C@H]1[C@@H](OC(=O)CCCCCCCCCCC)O[C@H](CO)[C@@H](OP(=O)(O)O)[C@@H]1OC(=O)CCCCCCCCCCC. The highest BCUT2D eigenvalue weighted by atomic mass is 31.2. The molecule has 1 fully saturated rings. The Morgan fingerprint density at radius 1 is 0.545 bits per heavy atom. The van der Waals surface area contributed by atoms with Crippen LogP contribution in [0.1, 0.15) is 213 Å². The van der Waals surface area contributed by atoms with Gasteiger partial charge in [0.1, 0.15) is 18.2 Å². The number of aliphatic hydroxyl groups excluding tert-OH is 1. The van der Waals surface area contributed by atoms with E-state index in [1.807, 2.05) is 0 Å². The zero-order valence-corrected chi connectivity index (χ0v) is 35.8. The minimum atomic E-state index is -5.19. The number of carbonyl (C=O) groups excluding carboxylic acids is 3. The first kappa shape index (κ1) is 51.5. The van der Waals surface area contributed by atoms with Crippen LogP contribution in [0.4, 0.5) is 0 Å². The highest BCUT2D eigenvalue weighted by molar-refractivity contribution is 7.46. The van der Waals surface area contributed by atoms with E-state index in [-0.39, 0.29) is 19.3 Å². The van der Waals surface area contributed by atoms with E-state index in [4.69, 9.17) is 18.7 Å². The first-order chi connectivity index (χ1) is 26.6. The summed E-state index contributed by atoms with van der Waals surface area (Å²) in [5, 5.41) is 13.0. The second-order valence-electron chi connectivity index (χ2n) is 15.6. The predicted octanol–water partition coefficient (Wildman–Crippen LogP) is 9.88. The van der Waals surface area contributed by atoms with Gasteiger partial charge in [-0.25, -0.2) is 4.57 Å². The lowest BCUT2D eigenvalue weighted by Gasteiger charge is -2.44. The Balaban J connectivity index is 2.99. The van der Waals surface area contributed by atoms with Gasteiger partial charge in [-0.1, -0.05) is 175 Å². The standard InChI is InChI=1S/C42H80NO11P/c1-4-7-10-13-16-19-22-25-28-31-36(45)43-39-41(52-37(46)32-29-26-23-20-17-14-11-8-5-2)40(54-55(48,49)50)35(34-44)51-42(39)53-38(47)33-30-27-24-21-18-15-12-9-6-3/h35,39-42,44H,4-34H2,1-3H3,(H,43,45)(H2,48,49,50)/t35-,39-,40-,41-,42-/m1/s1. The van der Waals surface area contributed by atoms with Crippen LogP contribution in [0.25, 0.3) is 0 Å². The van der Waals surface area contributed by atoms with Gasteiger partial charge in [-0.2, -0.15) is 0 Å². The third-order valence-electron chi connectivity index (χ3n) is 10.4. The van der Waals surface area contributed by atoms with Gasteiger partial charge in [0.25, 0.3) is 0 Å². The van der Waals surface area contributed by atoms with Gasteiger partial charge < -0.3 is 34.4 Å². The Hall–Kier alpha value is -1.56. The van der Waals surface area contributed by atoms with E-state index in [1.54, 1.807) is 0 Å². The number of carbonyl (C=O) groups is 3. The molecule has 0 saturated carbocycles. The van der Waals surface area contributed by atoms with Gasteiger partial charge in [-0.05, 0) is 19.3 Å². The van der Waals surface area contributed by atoms with Gasteiger partial charge in [-0.15, -0.1) is 0 Å². The number of phosphoric ester groups is 1. The second-order valence-corrected chi connectivity index (χ2v) is 16.8. The van der Waals surface area contributed by atoms with Crippen LogP contribution in [0.2, 0.25) is 0 Å². The van der Waals surface area contributed by atoms with Crippen LogP contribution in [-0.2, 0) is 37.7 Å². The summed E-state index contributed by atoms with van der Waals surface area (Å²) in [6, 6.07) is -1.33. The van der Waals surface area contributed by atoms with Gasteiger partial charge >= 0.3 is 19.8 Å². The molecule has 1 heterocycles. The summed E-state index contributed by atoms with van der Waals surface area (Å²) in [7, 11) is -5.19. The third kappa shape index (κ3) is 26.9. The molecule has 0 radical (unpaired) electrons. The van der Waals surface area contributed by atoms with Gasteiger partial charge in [0.15, 0.2) is 6.10 Å². The highest BCUT2D eigenvalue weighted by Crippen LogP contribution is 2.42. The molecule has 1 saturated heterocycles. The molecule has 1 amide bonds. The van der Waals surface area contributed by atoms with E-state index in [1.165, 1.54) is 83.5 Å². The zero-order chi connectivity index (χ0) is 40.6. The molecule has 0 aromatic carbocycles. The van der Waals surface area contributed by atoms with Crippen molar-refractivity contribution in [2.45, 2.75) is 244 Å². The van der Waals surface area contributed by atoms with Gasteiger partial charge in [0.05, 0.1) is 6.61 Å². The first-order valence-corrected chi connectivity index (χ1v) is 23.8. The average Bonchev–Trinajstić information content (AvgIpc) is 3.14. The van der Waals surface area contributed by atoms with E-state index in [2.05, 4.69) is 26.1 Å². The van der Waals surface area contributed by atoms with Crippen LogP contribution in [0, 0.1) is 0 Å². The summed E-state index contributed by atoms with van der Waals surface area (Å²) in [5.41, 5.74) is 0. The van der Waals surface area contributed by atoms with Crippen molar-refractivity contribution >= 4 is 25.7 Å². The Morgan fingerprint density at radius 2 is 0.909 bits per heavy atom. The first-order valence-electron chi connectivity index (χ1n) is 22.2. The van der Waals surface area contributed by atoms with Crippen molar-refractivity contribution in [1.29, 1.82) is 0 Å². The maximum Gasteiger partial charge on any atom is 0.470 e. The lowest BCUT2D eigenvalue weighted by atomic mass is 9.96. The van der Waals surface area contributed by atoms with Crippen molar-refractivity contribution in [3.05, 3.63) is 0 Å². The fourth-order valence-electron chi connectivity index (χ4n) is 7.14. The molecule has 13 heteroatoms. The van der Waals surface area contributed by atoms with Crippen LogP contribution in [-0.4, -0.2) is 70.0 Å². The molecule has 0 aromatic rings. The molecule has 5 atom stereocenters. The average molecular weight is 806 g/mol. The Morgan fingerprint density at radius 3 is 1.29 bits per heavy atom. The summed E-state index contributed by atoms with van der Waals surface area (Å²) >= 11 is 0. The second kappa shape index (κ2) is 33.4. The number of hydrogen-bond acceptors (Lipinski definition) is 9. The monoisotopic (exact) mass is 806 g/mol. The molecule has 0 aromatic heterocycles. The van der Waals surface area contributed by atoms with Gasteiger partial charge in [0, 0.05) is 19.3 Å². The fraction of sp³-hybridized carbons (Fsp3) is 0.929. The van der Waals surface area contributed by atoms with Crippen molar-refractivity contribution in [2.75, 3.05) is 6.61 Å². The van der Waals surface area contributed by atoms with E-state index >= 15 is 0 Å². The quantitative estimate of drug-likeness (QED) is 0.0269. The number of unbranched alkanes of at least 4 members (excludes halogenated alkanes) is 24. The van der Waals surface area contributed by atoms with Crippen molar-refractivity contribution in [3.63, 3.8) is 0 Å². The molecular formula is C42H80NO11P. The van der Waals surface area contributed by atoms with Gasteiger partial charge in [-0.3, -0.25) is 18.9 Å². The van der Waals surface area contributed by atoms with Crippen LogP contribution in [0.5, 0.6) is 0 Å². The largest absolute Gasteiger partial charge is 0.470 e.